The molecule has 8 nitrogen and oxygen atoms in total. The summed E-state index contributed by atoms with van der Waals surface area (Å²) in [6, 6.07) is 12.6. The first-order valence-corrected chi connectivity index (χ1v) is 11.4. The number of rotatable bonds is 7. The van der Waals surface area contributed by atoms with Gasteiger partial charge in [-0.05, 0) is 56.1 Å². The molecular weight excluding hydrogens is 504 g/mol. The quantitative estimate of drug-likeness (QED) is 0.279. The number of fused-ring (bicyclic) bond motifs is 1. The van der Waals surface area contributed by atoms with E-state index < -0.39 is 29.5 Å². The van der Waals surface area contributed by atoms with Crippen LogP contribution in [-0.4, -0.2) is 59.8 Å². The van der Waals surface area contributed by atoms with Gasteiger partial charge in [-0.1, -0.05) is 28.1 Å². The molecule has 0 saturated heterocycles. The number of aliphatic hydroxyl groups is 1. The zero-order valence-electron chi connectivity index (χ0n) is 18.9. The van der Waals surface area contributed by atoms with Crippen molar-refractivity contribution in [2.75, 3.05) is 27.2 Å². The van der Waals surface area contributed by atoms with E-state index in [1.54, 1.807) is 42.5 Å². The van der Waals surface area contributed by atoms with Crippen LogP contribution in [0.25, 0.3) is 11.0 Å². The van der Waals surface area contributed by atoms with Gasteiger partial charge in [0.25, 0.3) is 5.91 Å². The van der Waals surface area contributed by atoms with Gasteiger partial charge in [-0.3, -0.25) is 14.4 Å². The lowest BCUT2D eigenvalue weighted by Crippen LogP contribution is -2.36. The fourth-order valence-electron chi connectivity index (χ4n) is 3.94. The van der Waals surface area contributed by atoms with Crippen molar-refractivity contribution in [3.8, 4) is 5.75 Å². The van der Waals surface area contributed by atoms with Crippen LogP contribution in [0.4, 0.5) is 0 Å². The van der Waals surface area contributed by atoms with E-state index in [2.05, 4.69) is 15.9 Å². The standard InChI is InChI=1S/C25H23BrN2O6/c1-14(29)33-18-6-4-5-15(12-18)22-21(24(31)25(32)28(22)10-9-27(2)3)23(30)20-13-16-11-17(26)7-8-19(16)34-20/h4-8,11-13,22,31H,9-10H2,1-3H3. The summed E-state index contributed by atoms with van der Waals surface area (Å²) in [4.78, 5) is 41.4. The number of aliphatic hydroxyl groups excluding tert-OH is 1. The largest absolute Gasteiger partial charge is 0.503 e. The van der Waals surface area contributed by atoms with Crippen LogP contribution in [-0.2, 0) is 9.59 Å². The number of benzene rings is 2. The number of halogens is 1. The smallest absolute Gasteiger partial charge is 0.308 e. The van der Waals surface area contributed by atoms with Crippen LogP contribution < -0.4 is 4.74 Å². The second-order valence-corrected chi connectivity index (χ2v) is 9.17. The third-order valence-electron chi connectivity index (χ3n) is 5.47. The van der Waals surface area contributed by atoms with Gasteiger partial charge in [0.15, 0.2) is 11.5 Å². The number of likely N-dealkylation sites (N-methyl/N-ethyl adjacent to an activating group) is 1. The van der Waals surface area contributed by atoms with E-state index in [1.807, 2.05) is 25.1 Å². The third kappa shape index (κ3) is 4.62. The maximum Gasteiger partial charge on any atom is 0.308 e. The summed E-state index contributed by atoms with van der Waals surface area (Å²) in [6.07, 6.45) is 0. The second kappa shape index (κ2) is 9.44. The molecule has 1 atom stereocenters. The maximum absolute atomic E-state index is 13.6. The summed E-state index contributed by atoms with van der Waals surface area (Å²) in [7, 11) is 3.73. The molecule has 4 rings (SSSR count). The number of hydrogen-bond donors (Lipinski definition) is 1. The highest BCUT2D eigenvalue weighted by molar-refractivity contribution is 9.10. The molecule has 0 aliphatic carbocycles. The highest BCUT2D eigenvalue weighted by Crippen LogP contribution is 2.40. The highest BCUT2D eigenvalue weighted by atomic mass is 79.9. The normalized spacial score (nSPS) is 16.1. The highest BCUT2D eigenvalue weighted by Gasteiger charge is 2.44. The van der Waals surface area contributed by atoms with Crippen LogP contribution in [0.2, 0.25) is 0 Å². The summed E-state index contributed by atoms with van der Waals surface area (Å²) in [5, 5.41) is 11.5. The molecule has 1 N–H and O–H groups in total. The van der Waals surface area contributed by atoms with Gasteiger partial charge in [-0.25, -0.2) is 0 Å². The van der Waals surface area contributed by atoms with Gasteiger partial charge in [0.05, 0.1) is 11.6 Å². The second-order valence-electron chi connectivity index (χ2n) is 8.25. The molecule has 9 heteroatoms. The Morgan fingerprint density at radius 2 is 1.94 bits per heavy atom. The molecule has 0 spiro atoms. The van der Waals surface area contributed by atoms with Crippen LogP contribution in [0.15, 0.2) is 68.8 Å². The summed E-state index contributed by atoms with van der Waals surface area (Å²) in [5.41, 5.74) is 0.952. The number of Topliss-reactive ketones (excluding diaryl/α,β-unsaturated/α-hetero) is 1. The SMILES string of the molecule is CC(=O)Oc1cccc(C2C(C(=O)c3cc4cc(Br)ccc4o3)=C(O)C(=O)N2CCN(C)C)c1. The number of ether oxygens (including phenoxy) is 1. The molecule has 2 aromatic carbocycles. The number of furan rings is 1. The molecular formula is C25H23BrN2O6. The van der Waals surface area contributed by atoms with E-state index >= 15 is 0 Å². The summed E-state index contributed by atoms with van der Waals surface area (Å²) < 4.78 is 11.8. The first kappa shape index (κ1) is 23.7. The monoisotopic (exact) mass is 526 g/mol. The zero-order chi connectivity index (χ0) is 24.6. The Labute approximate surface area is 204 Å². The van der Waals surface area contributed by atoms with Crippen molar-refractivity contribution in [2.45, 2.75) is 13.0 Å². The maximum atomic E-state index is 13.6. The van der Waals surface area contributed by atoms with Crippen LogP contribution >= 0.6 is 15.9 Å². The molecule has 3 aromatic rings. The fraction of sp³-hybridized carbons (Fsp3) is 0.240. The Hall–Kier alpha value is -3.43. The lowest BCUT2D eigenvalue weighted by Gasteiger charge is -2.28. The molecule has 1 aromatic heterocycles. The van der Waals surface area contributed by atoms with Crippen LogP contribution in [0, 0.1) is 0 Å². The Morgan fingerprint density at radius 1 is 1.18 bits per heavy atom. The van der Waals surface area contributed by atoms with E-state index in [0.717, 1.165) is 4.47 Å². The molecule has 1 aliphatic heterocycles. The van der Waals surface area contributed by atoms with Gasteiger partial charge in [-0.15, -0.1) is 0 Å². The van der Waals surface area contributed by atoms with E-state index in [9.17, 15) is 19.5 Å². The van der Waals surface area contributed by atoms with Gasteiger partial charge in [-0.2, -0.15) is 0 Å². The molecule has 0 bridgehead atoms. The van der Waals surface area contributed by atoms with Crippen molar-refractivity contribution in [3.05, 3.63) is 75.7 Å². The van der Waals surface area contributed by atoms with Gasteiger partial charge >= 0.3 is 5.97 Å². The van der Waals surface area contributed by atoms with E-state index in [4.69, 9.17) is 9.15 Å². The first-order valence-electron chi connectivity index (χ1n) is 10.6. The van der Waals surface area contributed by atoms with E-state index in [-0.39, 0.29) is 23.6 Å². The summed E-state index contributed by atoms with van der Waals surface area (Å²) in [6.45, 7) is 2.07. The average Bonchev–Trinajstić information content (AvgIpc) is 3.30. The number of amides is 1. The third-order valence-corrected chi connectivity index (χ3v) is 5.97. The number of esters is 1. The van der Waals surface area contributed by atoms with E-state index in [0.29, 0.717) is 23.1 Å². The lowest BCUT2D eigenvalue weighted by molar-refractivity contribution is -0.132. The van der Waals surface area contributed by atoms with Crippen LogP contribution in [0.5, 0.6) is 5.75 Å². The fourth-order valence-corrected chi connectivity index (χ4v) is 4.32. The van der Waals surface area contributed by atoms with Gasteiger partial charge in [0.2, 0.25) is 5.78 Å². The number of nitrogens with zero attached hydrogens (tertiary/aromatic N) is 2. The van der Waals surface area contributed by atoms with E-state index in [1.165, 1.54) is 11.8 Å². The van der Waals surface area contributed by atoms with Gasteiger partial charge in [0, 0.05) is 29.9 Å². The van der Waals surface area contributed by atoms with Crippen molar-refractivity contribution in [3.63, 3.8) is 0 Å². The molecule has 2 heterocycles. The Bertz CT molecular complexity index is 1330. The number of hydrogen-bond acceptors (Lipinski definition) is 7. The number of carbonyl (C=O) groups excluding carboxylic acids is 3. The number of ketones is 1. The number of carbonyl (C=O) groups is 3. The summed E-state index contributed by atoms with van der Waals surface area (Å²) >= 11 is 3.40. The zero-order valence-corrected chi connectivity index (χ0v) is 20.5. The topological polar surface area (TPSA) is 100 Å². The molecule has 176 valence electrons. The minimum atomic E-state index is -0.879. The van der Waals surface area contributed by atoms with Crippen molar-refractivity contribution in [1.82, 2.24) is 9.80 Å². The van der Waals surface area contributed by atoms with Gasteiger partial charge < -0.3 is 24.1 Å². The van der Waals surface area contributed by atoms with Gasteiger partial charge in [0.1, 0.15) is 11.3 Å². The average molecular weight is 527 g/mol. The van der Waals surface area contributed by atoms with Crippen molar-refractivity contribution in [2.24, 2.45) is 0 Å². The van der Waals surface area contributed by atoms with Crippen molar-refractivity contribution < 1.29 is 28.6 Å². The molecule has 0 saturated carbocycles. The molecule has 0 fully saturated rings. The summed E-state index contributed by atoms with van der Waals surface area (Å²) in [5.74, 6) is -2.06. The first-order chi connectivity index (χ1) is 16.2. The molecule has 34 heavy (non-hydrogen) atoms. The predicted molar refractivity (Wildman–Crippen MR) is 129 cm³/mol. The Morgan fingerprint density at radius 3 is 2.65 bits per heavy atom. The lowest BCUT2D eigenvalue weighted by atomic mass is 9.95. The van der Waals surface area contributed by atoms with Crippen LogP contribution in [0.3, 0.4) is 0 Å². The molecule has 1 unspecified atom stereocenters. The van der Waals surface area contributed by atoms with Crippen molar-refractivity contribution >= 4 is 44.6 Å². The molecule has 1 amide bonds. The Kier molecular flexibility index (Phi) is 6.58. The molecule has 1 aliphatic rings. The molecule has 0 radical (unpaired) electrons. The Balaban J connectivity index is 1.79. The predicted octanol–water partition coefficient (Wildman–Crippen LogP) is 4.26. The van der Waals surface area contributed by atoms with Crippen molar-refractivity contribution in [1.29, 1.82) is 0 Å². The van der Waals surface area contributed by atoms with Crippen LogP contribution in [0.1, 0.15) is 29.1 Å². The minimum Gasteiger partial charge on any atom is -0.503 e. The minimum absolute atomic E-state index is 0.0121.